The maximum Gasteiger partial charge on any atom is 0.169 e. The third-order valence-corrected chi connectivity index (χ3v) is 3.56. The van der Waals surface area contributed by atoms with E-state index in [-0.39, 0.29) is 0 Å². The molecule has 0 aromatic carbocycles. The van der Waals surface area contributed by atoms with Gasteiger partial charge in [-0.1, -0.05) is 0 Å². The normalized spacial score (nSPS) is 30.3. The summed E-state index contributed by atoms with van der Waals surface area (Å²) in [5.41, 5.74) is 0.333. The summed E-state index contributed by atoms with van der Waals surface area (Å²) in [4.78, 5) is 2.33. The van der Waals surface area contributed by atoms with Gasteiger partial charge in [-0.05, 0) is 51.7 Å². The lowest BCUT2D eigenvalue weighted by molar-refractivity contribution is 0.399. The molecule has 1 N–H and O–H groups in total. The van der Waals surface area contributed by atoms with Crippen LogP contribution in [0.3, 0.4) is 0 Å². The van der Waals surface area contributed by atoms with Gasteiger partial charge in [0.2, 0.25) is 0 Å². The van der Waals surface area contributed by atoms with E-state index in [1.54, 1.807) is 0 Å². The lowest BCUT2D eigenvalue weighted by atomic mass is 10.2. The molecule has 1 heterocycles. The summed E-state index contributed by atoms with van der Waals surface area (Å²) in [7, 11) is 0. The largest absolute Gasteiger partial charge is 0.357 e. The van der Waals surface area contributed by atoms with E-state index in [1.165, 1.54) is 25.7 Å². The average molecular weight is 198 g/mol. The van der Waals surface area contributed by atoms with E-state index in [1.807, 2.05) is 0 Å². The maximum absolute atomic E-state index is 5.39. The van der Waals surface area contributed by atoms with Crippen LogP contribution in [-0.4, -0.2) is 28.1 Å². The van der Waals surface area contributed by atoms with E-state index in [4.69, 9.17) is 12.2 Å². The summed E-state index contributed by atoms with van der Waals surface area (Å²) in [6.07, 6.45) is 5.13. The van der Waals surface area contributed by atoms with E-state index in [0.29, 0.717) is 11.6 Å². The molecule has 2 aliphatic rings. The molecule has 1 atom stereocenters. The van der Waals surface area contributed by atoms with Crippen molar-refractivity contribution in [2.75, 3.05) is 6.54 Å². The maximum atomic E-state index is 5.39. The van der Waals surface area contributed by atoms with Crippen LogP contribution in [0.1, 0.15) is 39.5 Å². The highest BCUT2D eigenvalue weighted by atomic mass is 32.1. The molecule has 1 aliphatic heterocycles. The van der Waals surface area contributed by atoms with Crippen LogP contribution in [0.4, 0.5) is 0 Å². The fourth-order valence-corrected chi connectivity index (χ4v) is 2.40. The fourth-order valence-electron chi connectivity index (χ4n) is 1.88. The van der Waals surface area contributed by atoms with Crippen molar-refractivity contribution in [3.05, 3.63) is 0 Å². The van der Waals surface area contributed by atoms with Crippen LogP contribution in [0.15, 0.2) is 0 Å². The molecule has 1 unspecified atom stereocenters. The molecule has 0 bridgehead atoms. The van der Waals surface area contributed by atoms with Crippen LogP contribution < -0.4 is 5.32 Å². The van der Waals surface area contributed by atoms with Gasteiger partial charge in [-0.3, -0.25) is 0 Å². The molecule has 0 aromatic rings. The minimum absolute atomic E-state index is 0.333. The van der Waals surface area contributed by atoms with Crippen LogP contribution in [0, 0.1) is 0 Å². The van der Waals surface area contributed by atoms with Gasteiger partial charge in [0, 0.05) is 18.1 Å². The van der Waals surface area contributed by atoms with Crippen LogP contribution in [0.5, 0.6) is 0 Å². The zero-order valence-electron chi connectivity index (χ0n) is 8.47. The van der Waals surface area contributed by atoms with Crippen LogP contribution in [0.2, 0.25) is 0 Å². The number of nitrogens with zero attached hydrogens (tertiary/aromatic N) is 1. The first-order valence-corrected chi connectivity index (χ1v) is 5.60. The van der Waals surface area contributed by atoms with Crippen LogP contribution in [-0.2, 0) is 0 Å². The highest BCUT2D eigenvalue weighted by molar-refractivity contribution is 7.80. The molecule has 0 amide bonds. The predicted octanol–water partition coefficient (Wildman–Crippen LogP) is 1.90. The SMILES string of the molecule is CC1CCCN1C(=S)NC1(C)CC1. The van der Waals surface area contributed by atoms with Crippen molar-refractivity contribution < 1.29 is 0 Å². The van der Waals surface area contributed by atoms with Gasteiger partial charge in [0.15, 0.2) is 5.11 Å². The van der Waals surface area contributed by atoms with Gasteiger partial charge >= 0.3 is 0 Å². The number of hydrogen-bond acceptors (Lipinski definition) is 1. The first-order valence-electron chi connectivity index (χ1n) is 5.19. The van der Waals surface area contributed by atoms with E-state index >= 15 is 0 Å². The second-order valence-electron chi connectivity index (χ2n) is 4.68. The molecule has 74 valence electrons. The Hall–Kier alpha value is -0.310. The smallest absolute Gasteiger partial charge is 0.169 e. The highest BCUT2D eigenvalue weighted by Crippen LogP contribution is 2.34. The third kappa shape index (κ3) is 1.96. The number of likely N-dealkylation sites (tertiary alicyclic amines) is 1. The predicted molar refractivity (Wildman–Crippen MR) is 58.8 cm³/mol. The summed E-state index contributed by atoms with van der Waals surface area (Å²) in [6.45, 7) is 5.65. The van der Waals surface area contributed by atoms with E-state index < -0.39 is 0 Å². The molecule has 2 nitrogen and oxygen atoms in total. The second-order valence-corrected chi connectivity index (χ2v) is 5.06. The Morgan fingerprint density at radius 3 is 2.69 bits per heavy atom. The van der Waals surface area contributed by atoms with Crippen LogP contribution >= 0.6 is 12.2 Å². The van der Waals surface area contributed by atoms with Crippen molar-refractivity contribution in [1.82, 2.24) is 10.2 Å². The Bertz CT molecular complexity index is 223. The zero-order valence-corrected chi connectivity index (χ0v) is 9.28. The molecule has 0 radical (unpaired) electrons. The molecule has 1 saturated heterocycles. The Labute approximate surface area is 85.7 Å². The van der Waals surface area contributed by atoms with Crippen molar-refractivity contribution in [3.8, 4) is 0 Å². The minimum Gasteiger partial charge on any atom is -0.357 e. The van der Waals surface area contributed by atoms with Crippen molar-refractivity contribution in [2.24, 2.45) is 0 Å². The third-order valence-electron chi connectivity index (χ3n) is 3.22. The van der Waals surface area contributed by atoms with E-state index in [2.05, 4.69) is 24.1 Å². The van der Waals surface area contributed by atoms with E-state index in [9.17, 15) is 0 Å². The van der Waals surface area contributed by atoms with Crippen molar-refractivity contribution in [3.63, 3.8) is 0 Å². The fraction of sp³-hybridized carbons (Fsp3) is 0.900. The Kier molecular flexibility index (Phi) is 2.22. The van der Waals surface area contributed by atoms with Gasteiger partial charge in [0.25, 0.3) is 0 Å². The number of thiocarbonyl (C=S) groups is 1. The summed E-state index contributed by atoms with van der Waals surface area (Å²) in [6, 6.07) is 0.641. The Morgan fingerprint density at radius 1 is 1.54 bits per heavy atom. The Balaban J connectivity index is 1.89. The van der Waals surface area contributed by atoms with Gasteiger partial charge in [0.1, 0.15) is 0 Å². The lowest BCUT2D eigenvalue weighted by Gasteiger charge is -2.27. The Morgan fingerprint density at radius 2 is 2.23 bits per heavy atom. The van der Waals surface area contributed by atoms with Crippen molar-refractivity contribution >= 4 is 17.3 Å². The second kappa shape index (κ2) is 3.12. The van der Waals surface area contributed by atoms with Crippen molar-refractivity contribution in [1.29, 1.82) is 0 Å². The summed E-state index contributed by atoms with van der Waals surface area (Å²) >= 11 is 5.39. The number of rotatable bonds is 1. The topological polar surface area (TPSA) is 15.3 Å². The molecular formula is C10H18N2S. The molecule has 13 heavy (non-hydrogen) atoms. The summed E-state index contributed by atoms with van der Waals surface area (Å²) < 4.78 is 0. The van der Waals surface area contributed by atoms with Gasteiger partial charge in [-0.25, -0.2) is 0 Å². The first-order chi connectivity index (χ1) is 6.11. The lowest BCUT2D eigenvalue weighted by Crippen LogP contribution is -2.46. The number of nitrogens with one attached hydrogen (secondary N) is 1. The molecular weight excluding hydrogens is 180 g/mol. The minimum atomic E-state index is 0.333. The monoisotopic (exact) mass is 198 g/mol. The van der Waals surface area contributed by atoms with Gasteiger partial charge in [0.05, 0.1) is 0 Å². The standard InChI is InChI=1S/C10H18N2S/c1-8-4-3-7-12(8)9(13)11-10(2)5-6-10/h8H,3-7H2,1-2H3,(H,11,13). The molecule has 0 spiro atoms. The van der Waals surface area contributed by atoms with Gasteiger partial charge in [-0.15, -0.1) is 0 Å². The first kappa shape index (κ1) is 9.25. The molecule has 0 aromatic heterocycles. The van der Waals surface area contributed by atoms with Crippen LogP contribution in [0.25, 0.3) is 0 Å². The molecule has 1 aliphatic carbocycles. The average Bonchev–Trinajstić information content (AvgIpc) is 2.63. The quantitative estimate of drug-likeness (QED) is 0.648. The van der Waals surface area contributed by atoms with Gasteiger partial charge < -0.3 is 10.2 Å². The molecule has 1 saturated carbocycles. The molecule has 2 rings (SSSR count). The van der Waals surface area contributed by atoms with Gasteiger partial charge in [-0.2, -0.15) is 0 Å². The number of hydrogen-bond donors (Lipinski definition) is 1. The summed E-state index contributed by atoms with van der Waals surface area (Å²) in [5, 5.41) is 4.44. The highest BCUT2D eigenvalue weighted by Gasteiger charge is 2.39. The van der Waals surface area contributed by atoms with Crippen molar-refractivity contribution in [2.45, 2.75) is 51.1 Å². The zero-order chi connectivity index (χ0) is 9.47. The van der Waals surface area contributed by atoms with E-state index in [0.717, 1.165) is 11.7 Å². The summed E-state index contributed by atoms with van der Waals surface area (Å²) in [5.74, 6) is 0. The molecule has 3 heteroatoms. The molecule has 2 fully saturated rings.